The Hall–Kier alpha value is -2.43. The van der Waals surface area contributed by atoms with E-state index in [1.54, 1.807) is 0 Å². The second kappa shape index (κ2) is 6.82. The largest absolute Gasteiger partial charge is 0.353 e. The Labute approximate surface area is 148 Å². The first kappa shape index (κ1) is 16.1. The van der Waals surface area contributed by atoms with Crippen LogP contribution in [0.4, 0.5) is 5.82 Å². The van der Waals surface area contributed by atoms with Crippen LogP contribution in [-0.2, 0) is 4.79 Å². The van der Waals surface area contributed by atoms with E-state index in [0.29, 0.717) is 11.8 Å². The summed E-state index contributed by atoms with van der Waals surface area (Å²) in [6.45, 7) is 5.33. The molecule has 130 valence electrons. The Kier molecular flexibility index (Phi) is 4.38. The smallest absolute Gasteiger partial charge is 0.225 e. The van der Waals surface area contributed by atoms with Crippen molar-refractivity contribution in [3.05, 3.63) is 42.1 Å². The third kappa shape index (κ3) is 3.36. The number of piperazine rings is 1. The summed E-state index contributed by atoms with van der Waals surface area (Å²) in [5.74, 6) is 2.35. The van der Waals surface area contributed by atoms with Crippen LogP contribution in [0.5, 0.6) is 0 Å². The Morgan fingerprint density at radius 1 is 1.12 bits per heavy atom. The molecule has 5 nitrogen and oxygen atoms in total. The lowest BCUT2D eigenvalue weighted by atomic mass is 9.84. The van der Waals surface area contributed by atoms with E-state index in [1.807, 2.05) is 29.3 Å². The molecule has 1 aliphatic carbocycles. The number of benzene rings is 1. The molecule has 2 aliphatic rings. The maximum atomic E-state index is 12.4. The van der Waals surface area contributed by atoms with Gasteiger partial charge < -0.3 is 9.80 Å². The van der Waals surface area contributed by atoms with Gasteiger partial charge in [0.25, 0.3) is 0 Å². The van der Waals surface area contributed by atoms with E-state index < -0.39 is 0 Å². The van der Waals surface area contributed by atoms with Gasteiger partial charge in [-0.05, 0) is 31.9 Å². The van der Waals surface area contributed by atoms with Crippen LogP contribution in [-0.4, -0.2) is 47.0 Å². The second-order valence-corrected chi connectivity index (χ2v) is 7.05. The molecule has 1 saturated heterocycles. The first-order chi connectivity index (χ1) is 12.2. The van der Waals surface area contributed by atoms with Crippen molar-refractivity contribution in [3.63, 3.8) is 0 Å². The zero-order chi connectivity index (χ0) is 17.2. The molecular weight excluding hydrogens is 312 g/mol. The quantitative estimate of drug-likeness (QED) is 0.865. The summed E-state index contributed by atoms with van der Waals surface area (Å²) in [5, 5.41) is 0. The maximum Gasteiger partial charge on any atom is 0.225 e. The van der Waals surface area contributed by atoms with Gasteiger partial charge in [0, 0.05) is 43.9 Å². The van der Waals surface area contributed by atoms with Crippen LogP contribution >= 0.6 is 0 Å². The molecule has 1 aromatic heterocycles. The van der Waals surface area contributed by atoms with Crippen molar-refractivity contribution < 1.29 is 4.79 Å². The summed E-state index contributed by atoms with van der Waals surface area (Å²) < 4.78 is 0. The van der Waals surface area contributed by atoms with Crippen LogP contribution < -0.4 is 4.90 Å². The molecule has 2 heterocycles. The highest BCUT2D eigenvalue weighted by Crippen LogP contribution is 2.29. The number of aromatic nitrogens is 2. The molecule has 0 spiro atoms. The number of carbonyl (C=O) groups is 1. The number of hydrogen-bond donors (Lipinski definition) is 0. The number of aryl methyl sites for hydroxylation is 1. The highest BCUT2D eigenvalue weighted by atomic mass is 16.2. The molecule has 25 heavy (non-hydrogen) atoms. The number of amides is 1. The topological polar surface area (TPSA) is 49.3 Å². The van der Waals surface area contributed by atoms with Gasteiger partial charge in [0.1, 0.15) is 5.82 Å². The van der Waals surface area contributed by atoms with Gasteiger partial charge in [-0.1, -0.05) is 30.2 Å². The fourth-order valence-corrected chi connectivity index (χ4v) is 3.52. The van der Waals surface area contributed by atoms with Gasteiger partial charge in [0.2, 0.25) is 5.91 Å². The van der Waals surface area contributed by atoms with Crippen molar-refractivity contribution in [2.45, 2.75) is 26.2 Å². The molecule has 1 aromatic carbocycles. The van der Waals surface area contributed by atoms with E-state index in [1.165, 1.54) is 12.0 Å². The molecule has 2 aromatic rings. The summed E-state index contributed by atoms with van der Waals surface area (Å²) in [6.07, 6.45) is 5.18. The van der Waals surface area contributed by atoms with E-state index in [4.69, 9.17) is 4.98 Å². The Morgan fingerprint density at radius 3 is 2.60 bits per heavy atom. The van der Waals surface area contributed by atoms with Crippen LogP contribution in [0.25, 0.3) is 11.4 Å². The molecule has 0 N–H and O–H groups in total. The maximum absolute atomic E-state index is 12.4. The molecule has 1 amide bonds. The number of anilines is 1. The van der Waals surface area contributed by atoms with Crippen molar-refractivity contribution in [1.29, 1.82) is 0 Å². The van der Waals surface area contributed by atoms with E-state index in [9.17, 15) is 4.79 Å². The molecule has 1 saturated carbocycles. The molecule has 1 aliphatic heterocycles. The van der Waals surface area contributed by atoms with Gasteiger partial charge in [-0.2, -0.15) is 0 Å². The summed E-state index contributed by atoms with van der Waals surface area (Å²) in [6, 6.07) is 10.2. The zero-order valence-electron chi connectivity index (χ0n) is 14.7. The number of hydrogen-bond acceptors (Lipinski definition) is 4. The first-order valence-electron chi connectivity index (χ1n) is 9.14. The average molecular weight is 336 g/mol. The van der Waals surface area contributed by atoms with Crippen LogP contribution in [0.3, 0.4) is 0 Å². The Bertz CT molecular complexity index is 764. The van der Waals surface area contributed by atoms with Crippen LogP contribution in [0.2, 0.25) is 0 Å². The monoisotopic (exact) mass is 336 g/mol. The molecule has 0 bridgehead atoms. The van der Waals surface area contributed by atoms with Crippen molar-refractivity contribution >= 4 is 11.7 Å². The molecule has 4 rings (SSSR count). The number of rotatable bonds is 3. The minimum Gasteiger partial charge on any atom is -0.353 e. The van der Waals surface area contributed by atoms with Crippen molar-refractivity contribution in [2.75, 3.05) is 31.1 Å². The van der Waals surface area contributed by atoms with Gasteiger partial charge in [-0.15, -0.1) is 0 Å². The second-order valence-electron chi connectivity index (χ2n) is 7.05. The third-order valence-electron chi connectivity index (χ3n) is 5.29. The third-order valence-corrected chi connectivity index (χ3v) is 5.29. The minimum absolute atomic E-state index is 0.290. The highest BCUT2D eigenvalue weighted by molar-refractivity contribution is 5.79. The number of nitrogens with zero attached hydrogens (tertiary/aromatic N) is 4. The van der Waals surface area contributed by atoms with E-state index in [0.717, 1.165) is 56.2 Å². The van der Waals surface area contributed by atoms with Crippen LogP contribution in [0, 0.1) is 12.8 Å². The molecule has 2 fully saturated rings. The average Bonchev–Trinajstić information content (AvgIpc) is 2.60. The highest BCUT2D eigenvalue weighted by Gasteiger charge is 2.31. The SMILES string of the molecule is Cc1cccc(-c2nccc(N3CCN(C(=O)C4CCC4)CC3)n2)c1. The molecule has 0 atom stereocenters. The summed E-state index contributed by atoms with van der Waals surface area (Å²) in [4.78, 5) is 25.8. The zero-order valence-corrected chi connectivity index (χ0v) is 14.7. The summed E-state index contributed by atoms with van der Waals surface area (Å²) in [7, 11) is 0. The molecule has 0 radical (unpaired) electrons. The summed E-state index contributed by atoms with van der Waals surface area (Å²) in [5.41, 5.74) is 2.25. The van der Waals surface area contributed by atoms with Crippen molar-refractivity contribution in [3.8, 4) is 11.4 Å². The molecule has 5 heteroatoms. The Morgan fingerprint density at radius 2 is 1.92 bits per heavy atom. The number of carbonyl (C=O) groups excluding carboxylic acids is 1. The predicted molar refractivity (Wildman–Crippen MR) is 98.3 cm³/mol. The standard InChI is InChI=1S/C20H24N4O/c1-15-4-2-7-17(14-15)19-21-9-8-18(22-19)23-10-12-24(13-11-23)20(25)16-5-3-6-16/h2,4,7-9,14,16H,3,5-6,10-13H2,1H3. The fourth-order valence-electron chi connectivity index (χ4n) is 3.52. The van der Waals surface area contributed by atoms with Gasteiger partial charge >= 0.3 is 0 Å². The van der Waals surface area contributed by atoms with Crippen LogP contribution in [0.15, 0.2) is 36.5 Å². The van der Waals surface area contributed by atoms with Crippen molar-refractivity contribution in [1.82, 2.24) is 14.9 Å². The fraction of sp³-hybridized carbons (Fsp3) is 0.450. The van der Waals surface area contributed by atoms with E-state index >= 15 is 0 Å². The van der Waals surface area contributed by atoms with Gasteiger partial charge in [0.05, 0.1) is 0 Å². The first-order valence-corrected chi connectivity index (χ1v) is 9.14. The molecular formula is C20H24N4O. The van der Waals surface area contributed by atoms with Gasteiger partial charge in [0.15, 0.2) is 5.82 Å². The van der Waals surface area contributed by atoms with E-state index in [2.05, 4.69) is 28.9 Å². The lowest BCUT2D eigenvalue weighted by molar-refractivity contribution is -0.138. The Balaban J connectivity index is 1.44. The predicted octanol–water partition coefficient (Wildman–Crippen LogP) is 2.90. The van der Waals surface area contributed by atoms with Gasteiger partial charge in [-0.25, -0.2) is 9.97 Å². The lowest BCUT2D eigenvalue weighted by Crippen LogP contribution is -2.51. The van der Waals surface area contributed by atoms with Crippen molar-refractivity contribution in [2.24, 2.45) is 5.92 Å². The normalized spacial score (nSPS) is 18.1. The molecule has 0 unspecified atom stereocenters. The minimum atomic E-state index is 0.290. The van der Waals surface area contributed by atoms with E-state index in [-0.39, 0.29) is 0 Å². The van der Waals surface area contributed by atoms with Crippen LogP contribution in [0.1, 0.15) is 24.8 Å². The summed E-state index contributed by atoms with van der Waals surface area (Å²) >= 11 is 0. The van der Waals surface area contributed by atoms with Gasteiger partial charge in [-0.3, -0.25) is 4.79 Å². The lowest BCUT2D eigenvalue weighted by Gasteiger charge is -2.38.